The minimum atomic E-state index is -0.883. The molecule has 122 valence electrons. The van der Waals surface area contributed by atoms with E-state index in [1.54, 1.807) is 6.07 Å². The average molecular weight is 326 g/mol. The predicted octanol–water partition coefficient (Wildman–Crippen LogP) is 3.53. The molecule has 5 heteroatoms. The molecular weight excluding hydrogens is 302 g/mol. The summed E-state index contributed by atoms with van der Waals surface area (Å²) in [5, 5.41) is 12.8. The number of aliphatic carboxylic acids is 1. The van der Waals surface area contributed by atoms with Gasteiger partial charge in [0.25, 0.3) is 0 Å². The third-order valence-corrected chi connectivity index (χ3v) is 4.52. The molecule has 0 aliphatic carbocycles. The largest absolute Gasteiger partial charge is 0.481 e. The van der Waals surface area contributed by atoms with Crippen molar-refractivity contribution in [3.63, 3.8) is 0 Å². The van der Waals surface area contributed by atoms with Crippen molar-refractivity contribution < 1.29 is 14.7 Å². The third kappa shape index (κ3) is 4.73. The Labute approximate surface area is 136 Å². The maximum Gasteiger partial charge on any atom is 0.311 e. The lowest BCUT2D eigenvalue weighted by atomic mass is 9.82. The molecule has 0 saturated heterocycles. The zero-order valence-electron chi connectivity index (χ0n) is 13.4. The average Bonchev–Trinajstić information content (AvgIpc) is 2.48. The van der Waals surface area contributed by atoms with Crippen molar-refractivity contribution in [2.24, 2.45) is 11.3 Å². The van der Waals surface area contributed by atoms with E-state index in [4.69, 9.17) is 11.6 Å². The number of hydrogen-bond acceptors (Lipinski definition) is 2. The van der Waals surface area contributed by atoms with Crippen LogP contribution >= 0.6 is 11.6 Å². The zero-order chi connectivity index (χ0) is 16.8. The van der Waals surface area contributed by atoms with E-state index in [2.05, 4.69) is 5.32 Å². The second kappa shape index (κ2) is 8.18. The lowest BCUT2D eigenvalue weighted by molar-refractivity contribution is -0.149. The number of benzene rings is 1. The fourth-order valence-corrected chi connectivity index (χ4v) is 2.63. The Balaban J connectivity index is 2.62. The molecule has 2 N–H and O–H groups in total. The molecule has 0 radical (unpaired) electrons. The zero-order valence-corrected chi connectivity index (χ0v) is 14.1. The van der Waals surface area contributed by atoms with Gasteiger partial charge >= 0.3 is 5.97 Å². The number of carbonyl (C=O) groups is 2. The van der Waals surface area contributed by atoms with Crippen LogP contribution in [0.5, 0.6) is 0 Å². The standard InChI is InChI=1S/C17H24ClNO3/c1-4-17(5-2,16(21)22)11-19-15(20)12(3)9-13-7-6-8-14(18)10-13/h6-8,10,12H,4-5,9,11H2,1-3H3,(H,19,20)(H,21,22). The molecule has 4 nitrogen and oxygen atoms in total. The lowest BCUT2D eigenvalue weighted by Gasteiger charge is -2.27. The highest BCUT2D eigenvalue weighted by Crippen LogP contribution is 2.26. The second-order valence-electron chi connectivity index (χ2n) is 5.75. The Morgan fingerprint density at radius 1 is 1.32 bits per heavy atom. The van der Waals surface area contributed by atoms with Gasteiger partial charge in [-0.25, -0.2) is 0 Å². The van der Waals surface area contributed by atoms with Crippen molar-refractivity contribution in [3.05, 3.63) is 34.9 Å². The van der Waals surface area contributed by atoms with Gasteiger partial charge in [0.05, 0.1) is 5.41 Å². The van der Waals surface area contributed by atoms with Crippen molar-refractivity contribution in [3.8, 4) is 0 Å². The van der Waals surface area contributed by atoms with Crippen LogP contribution in [0.2, 0.25) is 5.02 Å². The fourth-order valence-electron chi connectivity index (χ4n) is 2.42. The predicted molar refractivity (Wildman–Crippen MR) is 88.0 cm³/mol. The Morgan fingerprint density at radius 3 is 2.45 bits per heavy atom. The number of amides is 1. The molecule has 0 spiro atoms. The van der Waals surface area contributed by atoms with E-state index in [1.807, 2.05) is 39.0 Å². The van der Waals surface area contributed by atoms with Crippen LogP contribution in [0.25, 0.3) is 0 Å². The summed E-state index contributed by atoms with van der Waals surface area (Å²) >= 11 is 5.94. The van der Waals surface area contributed by atoms with Crippen LogP contribution in [0.15, 0.2) is 24.3 Å². The minimum Gasteiger partial charge on any atom is -0.481 e. The summed E-state index contributed by atoms with van der Waals surface area (Å²) in [6, 6.07) is 7.41. The molecule has 0 heterocycles. The maximum absolute atomic E-state index is 12.2. The first-order chi connectivity index (χ1) is 10.3. The molecule has 0 bridgehead atoms. The number of rotatable bonds is 8. The smallest absolute Gasteiger partial charge is 0.311 e. The Morgan fingerprint density at radius 2 is 1.95 bits per heavy atom. The highest BCUT2D eigenvalue weighted by molar-refractivity contribution is 6.30. The number of carboxylic acid groups (broad SMARTS) is 1. The molecule has 0 aromatic heterocycles. The van der Waals surface area contributed by atoms with Gasteiger partial charge in [0.15, 0.2) is 0 Å². The summed E-state index contributed by atoms with van der Waals surface area (Å²) in [4.78, 5) is 23.6. The monoisotopic (exact) mass is 325 g/mol. The lowest BCUT2D eigenvalue weighted by Crippen LogP contribution is -2.44. The van der Waals surface area contributed by atoms with Gasteiger partial charge in [-0.15, -0.1) is 0 Å². The Kier molecular flexibility index (Phi) is 6.88. The van der Waals surface area contributed by atoms with E-state index < -0.39 is 11.4 Å². The molecule has 0 aliphatic rings. The van der Waals surface area contributed by atoms with Crippen LogP contribution < -0.4 is 5.32 Å². The molecule has 1 aromatic rings. The molecule has 1 unspecified atom stereocenters. The number of nitrogens with one attached hydrogen (secondary N) is 1. The van der Waals surface area contributed by atoms with E-state index in [-0.39, 0.29) is 18.4 Å². The first-order valence-corrected chi connectivity index (χ1v) is 7.98. The number of hydrogen-bond donors (Lipinski definition) is 2. The van der Waals surface area contributed by atoms with Crippen LogP contribution in [-0.2, 0) is 16.0 Å². The number of halogens is 1. The third-order valence-electron chi connectivity index (χ3n) is 4.29. The molecule has 0 aliphatic heterocycles. The summed E-state index contributed by atoms with van der Waals surface area (Å²) in [7, 11) is 0. The normalized spacial score (nSPS) is 12.7. The van der Waals surface area contributed by atoms with Gasteiger partial charge in [0.1, 0.15) is 0 Å². The van der Waals surface area contributed by atoms with Gasteiger partial charge < -0.3 is 10.4 Å². The van der Waals surface area contributed by atoms with Gasteiger partial charge in [-0.2, -0.15) is 0 Å². The summed E-state index contributed by atoms with van der Waals surface area (Å²) in [5.41, 5.74) is 0.108. The van der Waals surface area contributed by atoms with Crippen LogP contribution in [0, 0.1) is 11.3 Å². The number of carbonyl (C=O) groups excluding carboxylic acids is 1. The summed E-state index contributed by atoms with van der Waals surface area (Å²) in [6.07, 6.45) is 1.55. The van der Waals surface area contributed by atoms with Crippen molar-refractivity contribution >= 4 is 23.5 Å². The highest BCUT2D eigenvalue weighted by Gasteiger charge is 2.35. The van der Waals surface area contributed by atoms with E-state index in [0.717, 1.165) is 5.56 Å². The highest BCUT2D eigenvalue weighted by atomic mass is 35.5. The topological polar surface area (TPSA) is 66.4 Å². The van der Waals surface area contributed by atoms with Gasteiger partial charge in [-0.3, -0.25) is 9.59 Å². The molecule has 1 atom stereocenters. The van der Waals surface area contributed by atoms with Crippen LogP contribution in [0.3, 0.4) is 0 Å². The van der Waals surface area contributed by atoms with E-state index in [0.29, 0.717) is 24.3 Å². The quantitative estimate of drug-likeness (QED) is 0.768. The number of carboxylic acids is 1. The first kappa shape index (κ1) is 18.5. The van der Waals surface area contributed by atoms with Crippen molar-refractivity contribution in [1.82, 2.24) is 5.32 Å². The van der Waals surface area contributed by atoms with Gasteiger partial charge in [-0.05, 0) is 37.0 Å². The Hall–Kier alpha value is -1.55. The molecule has 1 amide bonds. The molecule has 1 rings (SSSR count). The van der Waals surface area contributed by atoms with Crippen molar-refractivity contribution in [2.75, 3.05) is 6.54 Å². The first-order valence-electron chi connectivity index (χ1n) is 7.60. The van der Waals surface area contributed by atoms with Gasteiger partial charge in [0.2, 0.25) is 5.91 Å². The van der Waals surface area contributed by atoms with E-state index in [9.17, 15) is 14.7 Å². The van der Waals surface area contributed by atoms with E-state index >= 15 is 0 Å². The SMILES string of the molecule is CCC(CC)(CNC(=O)C(C)Cc1cccc(Cl)c1)C(=O)O. The van der Waals surface area contributed by atoms with Crippen LogP contribution in [0.4, 0.5) is 0 Å². The fraction of sp³-hybridized carbons (Fsp3) is 0.529. The minimum absolute atomic E-state index is 0.132. The molecule has 1 aromatic carbocycles. The molecule has 22 heavy (non-hydrogen) atoms. The molecular formula is C17H24ClNO3. The molecule has 0 saturated carbocycles. The van der Waals surface area contributed by atoms with Crippen molar-refractivity contribution in [2.45, 2.75) is 40.0 Å². The van der Waals surface area contributed by atoms with Crippen LogP contribution in [0.1, 0.15) is 39.2 Å². The summed E-state index contributed by atoms with van der Waals surface area (Å²) in [5.74, 6) is -1.23. The Bertz CT molecular complexity index is 526. The van der Waals surface area contributed by atoms with Gasteiger partial charge in [0, 0.05) is 17.5 Å². The summed E-state index contributed by atoms with van der Waals surface area (Å²) in [6.45, 7) is 5.66. The van der Waals surface area contributed by atoms with Crippen LogP contribution in [-0.4, -0.2) is 23.5 Å². The molecule has 0 fully saturated rings. The second-order valence-corrected chi connectivity index (χ2v) is 6.18. The summed E-state index contributed by atoms with van der Waals surface area (Å²) < 4.78 is 0. The van der Waals surface area contributed by atoms with Gasteiger partial charge in [-0.1, -0.05) is 44.5 Å². The maximum atomic E-state index is 12.2. The van der Waals surface area contributed by atoms with E-state index in [1.165, 1.54) is 0 Å². The van der Waals surface area contributed by atoms with Crippen molar-refractivity contribution in [1.29, 1.82) is 0 Å².